The SMILES string of the molecule is CC(C)C1NC(CN(C)C(=O)NC(C(=O)NC(CCC(Cc2ccccc2)NC(=O)OCc2cncs2)Cc2ccccc2)C(C)O)=CS1. The van der Waals surface area contributed by atoms with Crippen LogP contribution in [0.1, 0.15) is 49.6 Å². The molecule has 1 aromatic heterocycles. The van der Waals surface area contributed by atoms with Crippen LogP contribution in [0.25, 0.3) is 0 Å². The topological polar surface area (TPSA) is 145 Å². The Kier molecular flexibility index (Phi) is 14.8. The molecule has 11 nitrogen and oxygen atoms in total. The number of aliphatic hydroxyl groups excluding tert-OH is 1. The van der Waals surface area contributed by atoms with Gasteiger partial charge in [0.15, 0.2) is 0 Å². The Morgan fingerprint density at radius 1 is 0.939 bits per heavy atom. The molecule has 0 saturated carbocycles. The number of rotatable bonds is 17. The molecule has 0 spiro atoms. The van der Waals surface area contributed by atoms with Crippen molar-refractivity contribution in [2.45, 2.75) is 82.7 Å². The highest BCUT2D eigenvalue weighted by Crippen LogP contribution is 2.26. The van der Waals surface area contributed by atoms with Crippen LogP contribution in [0.15, 0.2) is 83.5 Å². The number of hydrogen-bond acceptors (Lipinski definition) is 9. The van der Waals surface area contributed by atoms with Crippen molar-refractivity contribution in [3.8, 4) is 0 Å². The van der Waals surface area contributed by atoms with E-state index in [1.54, 1.807) is 30.5 Å². The highest BCUT2D eigenvalue weighted by molar-refractivity contribution is 8.03. The smallest absolute Gasteiger partial charge is 0.407 e. The number of hydrogen-bond donors (Lipinski definition) is 5. The van der Waals surface area contributed by atoms with Gasteiger partial charge in [-0.15, -0.1) is 23.1 Å². The van der Waals surface area contributed by atoms with Gasteiger partial charge in [-0.05, 0) is 55.1 Å². The Bertz CT molecular complexity index is 1490. The van der Waals surface area contributed by atoms with Crippen molar-refractivity contribution in [3.63, 3.8) is 0 Å². The van der Waals surface area contributed by atoms with Gasteiger partial charge in [0.1, 0.15) is 12.6 Å². The van der Waals surface area contributed by atoms with Crippen molar-refractivity contribution in [3.05, 3.63) is 99.5 Å². The summed E-state index contributed by atoms with van der Waals surface area (Å²) in [6, 6.07) is 17.4. The first-order chi connectivity index (χ1) is 23.6. The van der Waals surface area contributed by atoms with Crippen LogP contribution in [0.2, 0.25) is 0 Å². The predicted octanol–water partition coefficient (Wildman–Crippen LogP) is 5.04. The zero-order valence-corrected chi connectivity index (χ0v) is 30.1. The van der Waals surface area contributed by atoms with E-state index in [0.29, 0.717) is 38.1 Å². The molecule has 0 fully saturated rings. The Morgan fingerprint density at radius 3 is 2.08 bits per heavy atom. The molecule has 4 rings (SSSR count). The molecule has 2 aromatic carbocycles. The van der Waals surface area contributed by atoms with Crippen LogP contribution in [-0.2, 0) is 29.0 Å². The number of likely N-dealkylation sites (N-methyl/N-ethyl adjacent to an activating group) is 1. The predicted molar refractivity (Wildman–Crippen MR) is 195 cm³/mol. The first kappa shape index (κ1) is 37.7. The van der Waals surface area contributed by atoms with E-state index >= 15 is 0 Å². The minimum atomic E-state index is -1.17. The van der Waals surface area contributed by atoms with E-state index in [2.05, 4.69) is 40.1 Å². The number of aromatic nitrogens is 1. The standard InChI is InChI=1S/C36H48N6O5S2/c1-24(2)34-39-30(22-48-34)20-42(4)35(45)41-32(25(3)43)33(44)38-28(17-26-11-7-5-8-12-26)15-16-29(18-27-13-9-6-10-14-27)40-36(46)47-21-31-19-37-23-49-31/h5-14,19,22-25,28-29,32,34,39,43H,15-18,20-21H2,1-4H3,(H,38,44)(H,40,46)(H,41,45). The number of aliphatic hydroxyl groups is 1. The van der Waals surface area contributed by atoms with Crippen LogP contribution < -0.4 is 21.3 Å². The Balaban J connectivity index is 1.41. The van der Waals surface area contributed by atoms with Gasteiger partial charge in [-0.3, -0.25) is 9.78 Å². The maximum atomic E-state index is 13.7. The van der Waals surface area contributed by atoms with E-state index in [1.165, 1.54) is 23.2 Å². The van der Waals surface area contributed by atoms with Crippen LogP contribution >= 0.6 is 23.1 Å². The lowest BCUT2D eigenvalue weighted by atomic mass is 9.95. The summed E-state index contributed by atoms with van der Waals surface area (Å²) in [5, 5.41) is 25.1. The summed E-state index contributed by atoms with van der Waals surface area (Å²) in [6.45, 7) is 6.23. The number of nitrogens with one attached hydrogen (secondary N) is 4. The third kappa shape index (κ3) is 12.7. The molecule has 1 aliphatic rings. The van der Waals surface area contributed by atoms with Gasteiger partial charge < -0.3 is 36.0 Å². The molecule has 13 heteroatoms. The second kappa shape index (κ2) is 19.2. The summed E-state index contributed by atoms with van der Waals surface area (Å²) in [6.07, 6.45) is 2.15. The first-order valence-corrected chi connectivity index (χ1v) is 18.4. The van der Waals surface area contributed by atoms with Crippen molar-refractivity contribution in [2.24, 2.45) is 5.92 Å². The normalized spacial score (nSPS) is 16.4. The van der Waals surface area contributed by atoms with Gasteiger partial charge in [-0.2, -0.15) is 0 Å². The van der Waals surface area contributed by atoms with Gasteiger partial charge in [-0.25, -0.2) is 9.59 Å². The number of urea groups is 1. The maximum Gasteiger partial charge on any atom is 0.407 e. The van der Waals surface area contributed by atoms with Crippen molar-refractivity contribution < 1.29 is 24.2 Å². The molecule has 49 heavy (non-hydrogen) atoms. The van der Waals surface area contributed by atoms with E-state index in [4.69, 9.17) is 4.74 Å². The fourth-order valence-corrected chi connectivity index (χ4v) is 6.88. The molecule has 2 heterocycles. The van der Waals surface area contributed by atoms with Crippen LogP contribution in [0.3, 0.4) is 0 Å². The number of thioether (sulfide) groups is 1. The van der Waals surface area contributed by atoms with Crippen molar-refractivity contribution in [1.29, 1.82) is 0 Å². The number of ether oxygens (including phenoxy) is 1. The van der Waals surface area contributed by atoms with Crippen LogP contribution in [0.4, 0.5) is 9.59 Å². The molecule has 0 saturated heterocycles. The quantitative estimate of drug-likeness (QED) is 0.131. The van der Waals surface area contributed by atoms with E-state index in [9.17, 15) is 19.5 Å². The maximum absolute atomic E-state index is 13.7. The summed E-state index contributed by atoms with van der Waals surface area (Å²) in [7, 11) is 1.66. The van der Waals surface area contributed by atoms with Crippen LogP contribution in [-0.4, -0.2) is 76.2 Å². The Labute approximate surface area is 297 Å². The minimum absolute atomic E-state index is 0.133. The van der Waals surface area contributed by atoms with E-state index in [1.807, 2.05) is 66.1 Å². The molecule has 0 radical (unpaired) electrons. The molecule has 0 bridgehead atoms. The van der Waals surface area contributed by atoms with Crippen molar-refractivity contribution in [2.75, 3.05) is 13.6 Å². The summed E-state index contributed by atoms with van der Waals surface area (Å²) < 4.78 is 5.46. The largest absolute Gasteiger partial charge is 0.444 e. The highest BCUT2D eigenvalue weighted by atomic mass is 32.2. The summed E-state index contributed by atoms with van der Waals surface area (Å²) in [5.74, 6) is -0.0553. The fraction of sp³-hybridized carbons (Fsp3) is 0.444. The Hall–Kier alpha value is -4.07. The molecule has 3 aromatic rings. The van der Waals surface area contributed by atoms with Crippen molar-refractivity contribution in [1.82, 2.24) is 31.2 Å². The monoisotopic (exact) mass is 708 g/mol. The van der Waals surface area contributed by atoms with Gasteiger partial charge in [0.05, 0.1) is 28.4 Å². The van der Waals surface area contributed by atoms with Gasteiger partial charge in [0.2, 0.25) is 5.91 Å². The van der Waals surface area contributed by atoms with E-state index in [-0.39, 0.29) is 24.1 Å². The lowest BCUT2D eigenvalue weighted by Gasteiger charge is -2.28. The zero-order valence-electron chi connectivity index (χ0n) is 28.5. The number of amides is 4. The van der Waals surface area contributed by atoms with Gasteiger partial charge in [0.25, 0.3) is 0 Å². The molecule has 4 amide bonds. The van der Waals surface area contributed by atoms with E-state index < -0.39 is 30.2 Å². The number of carbonyl (C=O) groups is 3. The molecule has 0 aliphatic carbocycles. The third-order valence-electron chi connectivity index (χ3n) is 8.10. The second-order valence-electron chi connectivity index (χ2n) is 12.7. The number of benzene rings is 2. The molecule has 5 unspecified atom stereocenters. The third-order valence-corrected chi connectivity index (χ3v) is 10.2. The molecule has 1 aliphatic heterocycles. The Morgan fingerprint density at radius 2 is 1.55 bits per heavy atom. The second-order valence-corrected chi connectivity index (χ2v) is 14.6. The average Bonchev–Trinajstić information content (AvgIpc) is 3.78. The molecular weight excluding hydrogens is 661 g/mol. The molecular formula is C36H48N6O5S2. The summed E-state index contributed by atoms with van der Waals surface area (Å²) >= 11 is 3.10. The van der Waals surface area contributed by atoms with Gasteiger partial charge in [0, 0.05) is 31.0 Å². The van der Waals surface area contributed by atoms with Gasteiger partial charge in [-0.1, -0.05) is 74.5 Å². The molecule has 5 atom stereocenters. The summed E-state index contributed by atoms with van der Waals surface area (Å²) in [5.41, 5.74) is 4.70. The number of alkyl carbamates (subject to hydrolysis) is 1. The van der Waals surface area contributed by atoms with Crippen molar-refractivity contribution >= 4 is 41.1 Å². The summed E-state index contributed by atoms with van der Waals surface area (Å²) in [4.78, 5) is 46.0. The first-order valence-electron chi connectivity index (χ1n) is 16.6. The number of thiazole rings is 1. The van der Waals surface area contributed by atoms with Crippen LogP contribution in [0.5, 0.6) is 0 Å². The highest BCUT2D eigenvalue weighted by Gasteiger charge is 2.30. The minimum Gasteiger partial charge on any atom is -0.444 e. The lowest BCUT2D eigenvalue weighted by molar-refractivity contribution is -0.126. The fourth-order valence-electron chi connectivity index (χ4n) is 5.39. The number of carbonyl (C=O) groups excluding carboxylic acids is 3. The van der Waals surface area contributed by atoms with Gasteiger partial charge >= 0.3 is 12.1 Å². The lowest BCUT2D eigenvalue weighted by Crippen LogP contribution is -2.57. The molecule has 5 N–H and O–H groups in total. The molecule has 264 valence electrons. The van der Waals surface area contributed by atoms with E-state index in [0.717, 1.165) is 21.7 Å². The average molecular weight is 709 g/mol. The number of nitrogens with zero attached hydrogens (tertiary/aromatic N) is 2. The zero-order chi connectivity index (χ0) is 35.2. The van der Waals surface area contributed by atoms with Crippen LogP contribution in [0, 0.1) is 5.92 Å².